The third kappa shape index (κ3) is 5.15. The zero-order valence-corrected chi connectivity index (χ0v) is 14.2. The van der Waals surface area contributed by atoms with Crippen LogP contribution in [0.2, 0.25) is 0 Å². The third-order valence-corrected chi connectivity index (χ3v) is 4.54. The quantitative estimate of drug-likeness (QED) is 0.820. The fourth-order valence-electron chi connectivity index (χ4n) is 3.23. The molecule has 1 aliphatic carbocycles. The second kappa shape index (κ2) is 8.00. The molecule has 0 spiro atoms. The number of nitrogens with zero attached hydrogens (tertiary/aromatic N) is 1. The van der Waals surface area contributed by atoms with Gasteiger partial charge in [-0.1, -0.05) is 33.1 Å². The lowest BCUT2D eigenvalue weighted by Crippen LogP contribution is -2.32. The van der Waals surface area contributed by atoms with Crippen LogP contribution in [0.3, 0.4) is 0 Å². The Hall–Kier alpha value is -0.800. The Morgan fingerprint density at radius 1 is 1.29 bits per heavy atom. The summed E-state index contributed by atoms with van der Waals surface area (Å²) >= 11 is 0. The lowest BCUT2D eigenvalue weighted by molar-refractivity contribution is 0.172. The number of aryl methyl sites for hydroxylation is 1. The maximum absolute atomic E-state index is 5.95. The Balaban J connectivity index is 1.85. The Morgan fingerprint density at radius 2 is 2.00 bits per heavy atom. The molecule has 3 nitrogen and oxygen atoms in total. The summed E-state index contributed by atoms with van der Waals surface area (Å²) in [6.07, 6.45) is 6.88. The fraction of sp³-hybridized carbons (Fsp3) is 0.778. The van der Waals surface area contributed by atoms with Crippen molar-refractivity contribution in [1.29, 1.82) is 0 Å². The number of hydrogen-bond donors (Lipinski definition) is 1. The molecule has 1 N–H and O–H groups in total. The van der Waals surface area contributed by atoms with E-state index in [-0.39, 0.29) is 0 Å². The molecule has 1 fully saturated rings. The van der Waals surface area contributed by atoms with Gasteiger partial charge >= 0.3 is 0 Å². The van der Waals surface area contributed by atoms with E-state index in [9.17, 15) is 0 Å². The first-order valence-electron chi connectivity index (χ1n) is 8.55. The molecule has 1 heterocycles. The molecule has 0 aromatic carbocycles. The Bertz CT molecular complexity index is 419. The zero-order chi connectivity index (χ0) is 15.2. The third-order valence-electron chi connectivity index (χ3n) is 4.54. The van der Waals surface area contributed by atoms with Gasteiger partial charge in [-0.3, -0.25) is 4.90 Å². The van der Waals surface area contributed by atoms with E-state index in [0.29, 0.717) is 5.92 Å². The highest BCUT2D eigenvalue weighted by Crippen LogP contribution is 2.24. The van der Waals surface area contributed by atoms with E-state index in [1.165, 1.54) is 37.7 Å². The van der Waals surface area contributed by atoms with Crippen LogP contribution in [0.25, 0.3) is 0 Å². The van der Waals surface area contributed by atoms with Crippen LogP contribution in [-0.2, 0) is 13.1 Å². The minimum absolute atomic E-state index is 0.689. The van der Waals surface area contributed by atoms with E-state index < -0.39 is 0 Å². The van der Waals surface area contributed by atoms with Crippen molar-refractivity contribution in [3.63, 3.8) is 0 Å². The van der Waals surface area contributed by atoms with Gasteiger partial charge in [-0.15, -0.1) is 0 Å². The van der Waals surface area contributed by atoms with Gasteiger partial charge in [0.25, 0.3) is 0 Å². The predicted octanol–water partition coefficient (Wildman–Crippen LogP) is 4.10. The van der Waals surface area contributed by atoms with Gasteiger partial charge < -0.3 is 9.73 Å². The van der Waals surface area contributed by atoms with Crippen LogP contribution < -0.4 is 5.32 Å². The average molecular weight is 292 g/mol. The summed E-state index contributed by atoms with van der Waals surface area (Å²) in [6.45, 7) is 9.47. The highest BCUT2D eigenvalue weighted by molar-refractivity contribution is 5.20. The molecule has 3 heteroatoms. The van der Waals surface area contributed by atoms with Gasteiger partial charge in [0.1, 0.15) is 11.5 Å². The van der Waals surface area contributed by atoms with E-state index in [2.05, 4.69) is 44.1 Å². The zero-order valence-electron chi connectivity index (χ0n) is 14.2. The van der Waals surface area contributed by atoms with Crippen molar-refractivity contribution in [3.8, 4) is 0 Å². The van der Waals surface area contributed by atoms with Crippen molar-refractivity contribution in [1.82, 2.24) is 10.2 Å². The lowest BCUT2D eigenvalue weighted by Gasteiger charge is -2.30. The topological polar surface area (TPSA) is 28.4 Å². The summed E-state index contributed by atoms with van der Waals surface area (Å²) in [7, 11) is 2.24. The largest absolute Gasteiger partial charge is 0.465 e. The molecule has 0 saturated heterocycles. The summed E-state index contributed by atoms with van der Waals surface area (Å²) in [5.41, 5.74) is 1.31. The smallest absolute Gasteiger partial charge is 0.118 e. The molecular weight excluding hydrogens is 260 g/mol. The average Bonchev–Trinajstić information content (AvgIpc) is 2.79. The summed E-state index contributed by atoms with van der Waals surface area (Å²) in [6, 6.07) is 2.98. The van der Waals surface area contributed by atoms with E-state index in [4.69, 9.17) is 4.42 Å². The Labute approximate surface area is 130 Å². The van der Waals surface area contributed by atoms with Crippen LogP contribution in [0.4, 0.5) is 0 Å². The molecule has 1 aromatic rings. The SMILES string of the molecule is Cc1oc(CN(C)C2CCCCC2)cc1CNCC(C)C. The second-order valence-corrected chi connectivity index (χ2v) is 7.03. The summed E-state index contributed by atoms with van der Waals surface area (Å²) in [4.78, 5) is 2.47. The number of rotatable bonds is 7. The Kier molecular flexibility index (Phi) is 6.31. The van der Waals surface area contributed by atoms with Gasteiger partial charge in [0.15, 0.2) is 0 Å². The molecule has 2 rings (SSSR count). The van der Waals surface area contributed by atoms with Crippen LogP contribution in [0.15, 0.2) is 10.5 Å². The minimum Gasteiger partial charge on any atom is -0.465 e. The maximum Gasteiger partial charge on any atom is 0.118 e. The van der Waals surface area contributed by atoms with Crippen LogP contribution in [0, 0.1) is 12.8 Å². The molecule has 0 atom stereocenters. The fourth-order valence-corrected chi connectivity index (χ4v) is 3.23. The molecule has 1 aliphatic rings. The van der Waals surface area contributed by atoms with Gasteiger partial charge in [0.05, 0.1) is 6.54 Å². The van der Waals surface area contributed by atoms with Crippen molar-refractivity contribution >= 4 is 0 Å². The monoisotopic (exact) mass is 292 g/mol. The van der Waals surface area contributed by atoms with Gasteiger partial charge in [-0.05, 0) is 45.3 Å². The number of nitrogens with one attached hydrogen (secondary N) is 1. The maximum atomic E-state index is 5.95. The molecule has 0 aliphatic heterocycles. The van der Waals surface area contributed by atoms with Crippen molar-refractivity contribution in [3.05, 3.63) is 23.2 Å². The van der Waals surface area contributed by atoms with Crippen LogP contribution in [0.5, 0.6) is 0 Å². The Morgan fingerprint density at radius 3 is 2.67 bits per heavy atom. The van der Waals surface area contributed by atoms with Crippen molar-refractivity contribution in [2.75, 3.05) is 13.6 Å². The first-order chi connectivity index (χ1) is 10.1. The summed E-state index contributed by atoms with van der Waals surface area (Å²) < 4.78 is 5.95. The van der Waals surface area contributed by atoms with Crippen molar-refractivity contribution in [2.24, 2.45) is 5.92 Å². The molecular formula is C18H32N2O. The lowest BCUT2D eigenvalue weighted by atomic mass is 9.94. The van der Waals surface area contributed by atoms with Crippen molar-refractivity contribution in [2.45, 2.75) is 72.0 Å². The van der Waals surface area contributed by atoms with Gasteiger partial charge in [0, 0.05) is 18.2 Å². The number of hydrogen-bond acceptors (Lipinski definition) is 3. The van der Waals surface area contributed by atoms with E-state index >= 15 is 0 Å². The van der Waals surface area contributed by atoms with Gasteiger partial charge in [-0.25, -0.2) is 0 Å². The molecule has 0 radical (unpaired) electrons. The van der Waals surface area contributed by atoms with Crippen LogP contribution >= 0.6 is 0 Å². The minimum atomic E-state index is 0.689. The predicted molar refractivity (Wildman–Crippen MR) is 88.3 cm³/mol. The van der Waals surface area contributed by atoms with E-state index in [0.717, 1.165) is 37.2 Å². The standard InChI is InChI=1S/C18H32N2O/c1-14(2)11-19-12-16-10-18(21-15(16)3)13-20(4)17-8-6-5-7-9-17/h10,14,17,19H,5-9,11-13H2,1-4H3. The van der Waals surface area contributed by atoms with Crippen molar-refractivity contribution < 1.29 is 4.42 Å². The molecule has 0 unspecified atom stereocenters. The molecule has 1 saturated carbocycles. The van der Waals surface area contributed by atoms with Gasteiger partial charge in [-0.2, -0.15) is 0 Å². The van der Waals surface area contributed by atoms with E-state index in [1.54, 1.807) is 0 Å². The summed E-state index contributed by atoms with van der Waals surface area (Å²) in [5.74, 6) is 2.87. The normalized spacial score (nSPS) is 17.0. The first-order valence-corrected chi connectivity index (χ1v) is 8.55. The van der Waals surface area contributed by atoms with Gasteiger partial charge in [0.2, 0.25) is 0 Å². The molecule has 0 bridgehead atoms. The molecule has 1 aromatic heterocycles. The highest BCUT2D eigenvalue weighted by atomic mass is 16.3. The molecule has 0 amide bonds. The number of furan rings is 1. The van der Waals surface area contributed by atoms with Crippen LogP contribution in [-0.4, -0.2) is 24.5 Å². The molecule has 120 valence electrons. The summed E-state index contributed by atoms with van der Waals surface area (Å²) in [5, 5.41) is 3.50. The van der Waals surface area contributed by atoms with E-state index in [1.807, 2.05) is 0 Å². The van der Waals surface area contributed by atoms with Crippen LogP contribution in [0.1, 0.15) is 63.0 Å². The molecule has 21 heavy (non-hydrogen) atoms. The second-order valence-electron chi connectivity index (χ2n) is 7.03. The first kappa shape index (κ1) is 16.6. The highest BCUT2D eigenvalue weighted by Gasteiger charge is 2.19.